The zero-order chi connectivity index (χ0) is 28.6. The van der Waals surface area contributed by atoms with E-state index >= 15 is 0 Å². The number of nitrogens with one attached hydrogen (secondary N) is 1. The van der Waals surface area contributed by atoms with Gasteiger partial charge in [-0.1, -0.05) is 6.07 Å². The van der Waals surface area contributed by atoms with E-state index in [1.807, 2.05) is 0 Å². The normalized spacial score (nSPS) is 13.8. The molecule has 0 heterocycles. The predicted octanol–water partition coefficient (Wildman–Crippen LogP) is 2.83. The Labute approximate surface area is 217 Å². The van der Waals surface area contributed by atoms with Gasteiger partial charge < -0.3 is 29.7 Å². The third kappa shape index (κ3) is 13.7. The van der Waals surface area contributed by atoms with Crippen LogP contribution in [0.5, 0.6) is 11.5 Å². The molecular formula is C24H37NO11S. The van der Waals surface area contributed by atoms with Crippen LogP contribution in [0.25, 0.3) is 0 Å². The van der Waals surface area contributed by atoms with Crippen LogP contribution < -0.4 is 14.8 Å². The van der Waals surface area contributed by atoms with Gasteiger partial charge in [0.05, 0.1) is 12.2 Å². The quantitative estimate of drug-likeness (QED) is 0.245. The molecule has 0 radical (unpaired) electrons. The lowest BCUT2D eigenvalue weighted by Crippen LogP contribution is -2.45. The van der Waals surface area contributed by atoms with Gasteiger partial charge in [-0.05, 0) is 72.1 Å². The molecule has 0 spiro atoms. The van der Waals surface area contributed by atoms with Gasteiger partial charge in [-0.15, -0.1) is 0 Å². The molecular weight excluding hydrogens is 510 g/mol. The average Bonchev–Trinajstić information content (AvgIpc) is 2.67. The summed E-state index contributed by atoms with van der Waals surface area (Å²) < 4.78 is 43.5. The van der Waals surface area contributed by atoms with Crippen molar-refractivity contribution in [3.63, 3.8) is 0 Å². The molecule has 37 heavy (non-hydrogen) atoms. The summed E-state index contributed by atoms with van der Waals surface area (Å²) >= 11 is 0. The second-order valence-electron chi connectivity index (χ2n) is 10.4. The molecule has 0 saturated carbocycles. The molecule has 0 unspecified atom stereocenters. The number of carbonyl (C=O) groups is 3. The summed E-state index contributed by atoms with van der Waals surface area (Å²) in [5.74, 6) is -3.22. The number of carbonyl (C=O) groups excluding carboxylic acids is 1. The second kappa shape index (κ2) is 13.0. The van der Waals surface area contributed by atoms with Crippen molar-refractivity contribution in [1.29, 1.82) is 0 Å². The van der Waals surface area contributed by atoms with Gasteiger partial charge in [-0.25, -0.2) is 9.59 Å². The van der Waals surface area contributed by atoms with Crippen LogP contribution in [0.4, 0.5) is 4.79 Å². The van der Waals surface area contributed by atoms with Crippen molar-refractivity contribution >= 4 is 28.1 Å². The Balaban J connectivity index is 3.08. The maximum atomic E-state index is 12.0. The van der Waals surface area contributed by atoms with E-state index < -0.39 is 51.3 Å². The first-order valence-corrected chi connectivity index (χ1v) is 13.3. The highest BCUT2D eigenvalue weighted by molar-refractivity contribution is 7.85. The SMILES string of the molecule is CC(C)(C)OC(=O)N[C@@H](C[C@H](Cc1ccc(OCCOS(C)(=O)=O)c(OC(C)(C)C)c1)C(=O)O)C(=O)O. The van der Waals surface area contributed by atoms with Gasteiger partial charge in [0.15, 0.2) is 11.5 Å². The van der Waals surface area contributed by atoms with Crippen molar-refractivity contribution in [1.82, 2.24) is 5.32 Å². The third-order valence-corrected chi connectivity index (χ3v) is 5.00. The number of alkyl carbamates (subject to hydrolysis) is 1. The van der Waals surface area contributed by atoms with Crippen molar-refractivity contribution in [2.75, 3.05) is 19.5 Å². The fourth-order valence-electron chi connectivity index (χ4n) is 3.06. The Hall–Kier alpha value is -3.06. The van der Waals surface area contributed by atoms with E-state index in [2.05, 4.69) is 9.50 Å². The number of ether oxygens (including phenoxy) is 3. The maximum absolute atomic E-state index is 12.0. The zero-order valence-electron chi connectivity index (χ0n) is 22.2. The van der Waals surface area contributed by atoms with Gasteiger partial charge >= 0.3 is 18.0 Å². The molecule has 0 aliphatic rings. The van der Waals surface area contributed by atoms with E-state index in [0.29, 0.717) is 5.56 Å². The number of amides is 1. The highest BCUT2D eigenvalue weighted by Crippen LogP contribution is 2.32. The Morgan fingerprint density at radius 3 is 2.05 bits per heavy atom. The average molecular weight is 548 g/mol. The Morgan fingerprint density at radius 1 is 0.946 bits per heavy atom. The van der Waals surface area contributed by atoms with E-state index in [1.54, 1.807) is 59.7 Å². The van der Waals surface area contributed by atoms with Crippen molar-refractivity contribution in [2.45, 2.75) is 71.6 Å². The number of rotatable bonds is 13. The maximum Gasteiger partial charge on any atom is 0.408 e. The van der Waals surface area contributed by atoms with Crippen LogP contribution in [0.1, 0.15) is 53.5 Å². The first-order valence-electron chi connectivity index (χ1n) is 11.5. The molecule has 1 amide bonds. The van der Waals surface area contributed by atoms with E-state index in [4.69, 9.17) is 14.2 Å². The van der Waals surface area contributed by atoms with Crippen LogP contribution in [0, 0.1) is 5.92 Å². The van der Waals surface area contributed by atoms with Crippen LogP contribution in [-0.4, -0.2) is 73.4 Å². The molecule has 0 fully saturated rings. The predicted molar refractivity (Wildman–Crippen MR) is 133 cm³/mol. The van der Waals surface area contributed by atoms with Crippen LogP contribution >= 0.6 is 0 Å². The van der Waals surface area contributed by atoms with Crippen LogP contribution in [-0.2, 0) is 35.0 Å². The monoisotopic (exact) mass is 547 g/mol. The molecule has 1 rings (SSSR count). The molecule has 12 nitrogen and oxygen atoms in total. The Bertz CT molecular complexity index is 1060. The highest BCUT2D eigenvalue weighted by atomic mass is 32.2. The number of benzene rings is 1. The minimum Gasteiger partial charge on any atom is -0.487 e. The fourth-order valence-corrected chi connectivity index (χ4v) is 3.43. The van der Waals surface area contributed by atoms with Crippen LogP contribution in [0.2, 0.25) is 0 Å². The number of hydrogen-bond acceptors (Lipinski definition) is 9. The van der Waals surface area contributed by atoms with E-state index in [9.17, 15) is 33.0 Å². The molecule has 210 valence electrons. The number of aliphatic carboxylic acids is 2. The molecule has 13 heteroatoms. The van der Waals surface area contributed by atoms with Crippen molar-refractivity contribution in [3.8, 4) is 11.5 Å². The van der Waals surface area contributed by atoms with Gasteiger partial charge in [0.1, 0.15) is 30.5 Å². The van der Waals surface area contributed by atoms with E-state index in [1.165, 1.54) is 0 Å². The molecule has 0 saturated heterocycles. The first kappa shape index (κ1) is 32.0. The van der Waals surface area contributed by atoms with Crippen LogP contribution in [0.15, 0.2) is 18.2 Å². The first-order chi connectivity index (χ1) is 16.8. The Morgan fingerprint density at radius 2 is 1.57 bits per heavy atom. The van der Waals surface area contributed by atoms with Gasteiger partial charge in [0.2, 0.25) is 0 Å². The summed E-state index contributed by atoms with van der Waals surface area (Å²) in [6.45, 7) is 9.96. The molecule has 2 atom stereocenters. The summed E-state index contributed by atoms with van der Waals surface area (Å²) in [5.41, 5.74) is -0.977. The minimum absolute atomic E-state index is 0.0624. The zero-order valence-corrected chi connectivity index (χ0v) is 23.0. The van der Waals surface area contributed by atoms with Crippen molar-refractivity contribution in [3.05, 3.63) is 23.8 Å². The molecule has 0 aromatic heterocycles. The van der Waals surface area contributed by atoms with Crippen LogP contribution in [0.3, 0.4) is 0 Å². The van der Waals surface area contributed by atoms with Crippen molar-refractivity contribution < 1.29 is 51.4 Å². The van der Waals surface area contributed by atoms with E-state index in [-0.39, 0.29) is 37.6 Å². The van der Waals surface area contributed by atoms with Gasteiger partial charge in [-0.3, -0.25) is 8.98 Å². The standard InChI is InChI=1S/C24H37NO11S/c1-23(2,3)35-19-13-15(8-9-18(19)33-10-11-34-37(7,31)32)12-16(20(26)27)14-17(21(28)29)25-22(30)36-24(4,5)6/h8-9,13,16-17H,10-12,14H2,1-7H3,(H,25,30)(H,26,27)(H,28,29)/t16-,17-/m0/s1. The summed E-state index contributed by atoms with van der Waals surface area (Å²) in [4.78, 5) is 35.7. The molecule has 0 aliphatic carbocycles. The lowest BCUT2D eigenvalue weighted by atomic mass is 9.92. The van der Waals surface area contributed by atoms with Gasteiger partial charge in [0.25, 0.3) is 10.1 Å². The lowest BCUT2D eigenvalue weighted by molar-refractivity contribution is -0.144. The number of carboxylic acids is 2. The minimum atomic E-state index is -3.62. The summed E-state index contributed by atoms with van der Waals surface area (Å²) in [6, 6.07) is 3.22. The molecule has 3 N–H and O–H groups in total. The molecule has 1 aromatic carbocycles. The van der Waals surface area contributed by atoms with E-state index in [0.717, 1.165) is 6.26 Å². The Kier molecular flexibility index (Phi) is 11.2. The summed E-state index contributed by atoms with van der Waals surface area (Å²) in [5, 5.41) is 21.5. The fraction of sp³-hybridized carbons (Fsp3) is 0.625. The lowest BCUT2D eigenvalue weighted by Gasteiger charge is -2.25. The number of carboxylic acid groups (broad SMARTS) is 2. The van der Waals surface area contributed by atoms with Crippen molar-refractivity contribution in [2.24, 2.45) is 5.92 Å². The highest BCUT2D eigenvalue weighted by Gasteiger charge is 2.30. The van der Waals surface area contributed by atoms with Gasteiger partial charge in [-0.2, -0.15) is 8.42 Å². The topological polar surface area (TPSA) is 175 Å². The summed E-state index contributed by atoms with van der Waals surface area (Å²) in [7, 11) is -3.62. The molecule has 0 aliphatic heterocycles. The largest absolute Gasteiger partial charge is 0.487 e. The molecule has 1 aromatic rings. The second-order valence-corrected chi connectivity index (χ2v) is 12.0. The summed E-state index contributed by atoms with van der Waals surface area (Å²) in [6.07, 6.45) is -0.494. The number of hydrogen-bond donors (Lipinski definition) is 3. The third-order valence-electron chi connectivity index (χ3n) is 4.40. The molecule has 0 bridgehead atoms. The van der Waals surface area contributed by atoms with Gasteiger partial charge in [0, 0.05) is 0 Å². The smallest absolute Gasteiger partial charge is 0.408 e.